The van der Waals surface area contributed by atoms with Crippen LogP contribution in [0.5, 0.6) is 11.5 Å². The predicted octanol–water partition coefficient (Wildman–Crippen LogP) is 22.5. The fraction of sp³-hybridized carbons (Fsp3) is 0.114. The maximum absolute atomic E-state index is 10.8. The van der Waals surface area contributed by atoms with Crippen LogP contribution in [0.15, 0.2) is 279 Å². The van der Waals surface area contributed by atoms with Crippen LogP contribution < -0.4 is 9.30 Å². The first-order valence-electron chi connectivity index (χ1n) is 45.5. The van der Waals surface area contributed by atoms with Crippen molar-refractivity contribution in [2.24, 2.45) is 0 Å². The van der Waals surface area contributed by atoms with Crippen molar-refractivity contribution in [2.75, 3.05) is 0 Å². The first-order chi connectivity index (χ1) is 58.4. The van der Waals surface area contributed by atoms with Crippen molar-refractivity contribution >= 4 is 32.8 Å². The van der Waals surface area contributed by atoms with E-state index in [1.165, 1.54) is 63.7 Å². The Labute approximate surface area is 611 Å². The molecule has 12 aromatic carbocycles. The van der Waals surface area contributed by atoms with Gasteiger partial charge in [-0.1, -0.05) is 229 Å². The fourth-order valence-corrected chi connectivity index (χ4v) is 11.3. The number of rotatable bonds is 12. The molecular weight excluding hydrogens is 1320 g/mol. The molecule has 3 heterocycles. The molecule has 0 bridgehead atoms. The summed E-state index contributed by atoms with van der Waals surface area (Å²) in [5.74, 6) is 0.712. The molecule has 0 aliphatic rings. The number of para-hydroxylation sites is 1. The van der Waals surface area contributed by atoms with Crippen LogP contribution in [0.4, 0.5) is 0 Å². The third-order valence-corrected chi connectivity index (χ3v) is 15.9. The van der Waals surface area contributed by atoms with Crippen molar-refractivity contribution in [1.29, 1.82) is 0 Å². The second-order valence-corrected chi connectivity index (χ2v) is 24.0. The van der Waals surface area contributed by atoms with Crippen molar-refractivity contribution in [1.82, 2.24) is 14.1 Å². The summed E-state index contributed by atoms with van der Waals surface area (Å²) < 4.78 is 311. The van der Waals surface area contributed by atoms with E-state index in [-0.39, 0.29) is 71.4 Å². The van der Waals surface area contributed by atoms with Crippen molar-refractivity contribution < 1.29 is 74.2 Å². The average Bonchev–Trinajstić information content (AvgIpc) is 1.71. The molecule has 0 saturated heterocycles. The van der Waals surface area contributed by atoms with Crippen molar-refractivity contribution in [3.8, 4) is 107 Å². The summed E-state index contributed by atoms with van der Waals surface area (Å²) >= 11 is 0. The van der Waals surface area contributed by atoms with Gasteiger partial charge in [0, 0.05) is 52.5 Å². The molecule has 0 saturated carbocycles. The number of pyridine rings is 1. The number of imidazole rings is 1. The summed E-state index contributed by atoms with van der Waals surface area (Å²) in [5, 5.41) is 1.64. The Morgan fingerprint density at radius 1 is 0.457 bits per heavy atom. The molecule has 15 aromatic rings. The van der Waals surface area contributed by atoms with Gasteiger partial charge in [-0.25, -0.2) is 4.98 Å². The molecule has 0 unspecified atom stereocenters. The Balaban J connectivity index is 0.0000129. The summed E-state index contributed by atoms with van der Waals surface area (Å²) in [6.07, 6.45) is 5.07. The minimum Gasteiger partial charge on any atom is -0.510 e. The molecule has 94 heavy (non-hydrogen) atoms. The van der Waals surface area contributed by atoms with Crippen LogP contribution in [0.3, 0.4) is 0 Å². The van der Waals surface area contributed by atoms with Gasteiger partial charge < -0.3 is 13.9 Å². The average molecular weight is 1430 g/mol. The van der Waals surface area contributed by atoms with Crippen LogP contribution in [0.1, 0.15) is 108 Å². The Kier molecular flexibility index (Phi) is 9.12. The molecule has 0 fully saturated rings. The zero-order chi connectivity index (χ0) is 91.2. The van der Waals surface area contributed by atoms with Gasteiger partial charge in [0.25, 0.3) is 6.33 Å². The quantitative estimate of drug-likeness (QED) is 0.0903. The van der Waals surface area contributed by atoms with Gasteiger partial charge in [-0.2, -0.15) is 18.2 Å². The molecular formula is C88H70N4OPt-2. The van der Waals surface area contributed by atoms with E-state index in [1.807, 2.05) is 47.0 Å². The number of hydrogen-bond acceptors (Lipinski definition) is 2. The van der Waals surface area contributed by atoms with Crippen LogP contribution in [0.25, 0.3) is 128 Å². The summed E-state index contributed by atoms with van der Waals surface area (Å²) in [5.41, 5.74) is -10.7. The second kappa shape index (κ2) is 24.9. The van der Waals surface area contributed by atoms with Gasteiger partial charge in [0.1, 0.15) is 5.82 Å². The summed E-state index contributed by atoms with van der Waals surface area (Å²) in [7, 11) is 0. The number of aromatic nitrogens is 4. The van der Waals surface area contributed by atoms with Crippen molar-refractivity contribution in [3.05, 3.63) is 319 Å². The third-order valence-electron chi connectivity index (χ3n) is 15.9. The van der Waals surface area contributed by atoms with Crippen LogP contribution in [0.2, 0.25) is 0 Å². The van der Waals surface area contributed by atoms with Gasteiger partial charge in [0.2, 0.25) is 0 Å². The first-order valence-corrected chi connectivity index (χ1v) is 29.5. The van der Waals surface area contributed by atoms with Gasteiger partial charge in [-0.05, 0) is 196 Å². The van der Waals surface area contributed by atoms with E-state index in [1.54, 1.807) is 45.2 Å². The maximum atomic E-state index is 10.8. The SMILES string of the molecule is [2H]c1c([2H])c([2H])c(-c2c([2H])c(-c3cc(C(C)(C)C)cc(-c4c([2H])c(-c5c([2H])c([2H])c([2H])c([2H])c5[2H])c([2H])c(-c5c([2H])c([2H])c([2H])c([2H])c5[2H])c4[2H])c3-[n+]3[c-]n(-c4[c-]c(Oc5[c-]c6c(cc5)c5ccccc5n6-c5cc(C(C)(C)C)ccn5)ccc4)c4cc(-c5c(C([2H])([2H])[2H])cccc5C([2H])([2H])[2H])ccc43)c([2H])c(-c3c([2H])c([2H])c([2H])c([2H])c3[2H])c2[2H])c([2H])c1[2H].[Pt]. The molecule has 3 aromatic heterocycles. The van der Waals surface area contributed by atoms with Crippen molar-refractivity contribution in [2.45, 2.75) is 66.1 Å². The van der Waals surface area contributed by atoms with Crippen LogP contribution in [-0.2, 0) is 31.9 Å². The van der Waals surface area contributed by atoms with E-state index in [0.29, 0.717) is 11.3 Å². The molecule has 460 valence electrons. The van der Waals surface area contributed by atoms with E-state index in [9.17, 15) is 19.2 Å². The topological polar surface area (TPSA) is 35.9 Å². The number of nitrogens with zero attached hydrogens (tertiary/aromatic N) is 4. The van der Waals surface area contributed by atoms with E-state index in [4.69, 9.17) is 34.4 Å². The normalized spacial score (nSPS) is 16.8. The molecule has 0 amide bonds. The molecule has 0 aliphatic heterocycles. The van der Waals surface area contributed by atoms with Gasteiger partial charge in [-0.3, -0.25) is 4.57 Å². The van der Waals surface area contributed by atoms with Gasteiger partial charge >= 0.3 is 0 Å². The molecule has 15 rings (SSSR count). The number of hydrogen-bond donors (Lipinski definition) is 0. The first kappa shape index (κ1) is 34.5. The molecule has 0 radical (unpaired) electrons. The van der Waals surface area contributed by atoms with Crippen LogP contribution in [-0.4, -0.2) is 14.1 Å². The minimum atomic E-state index is -3.02. The fourth-order valence-electron chi connectivity index (χ4n) is 11.3. The van der Waals surface area contributed by atoms with Gasteiger partial charge in [0.15, 0.2) is 0 Å². The van der Waals surface area contributed by atoms with E-state index < -0.39 is 260 Å². The third kappa shape index (κ3) is 11.7. The predicted molar refractivity (Wildman–Crippen MR) is 385 cm³/mol. The second-order valence-electron chi connectivity index (χ2n) is 24.0. The largest absolute Gasteiger partial charge is 0.510 e. The summed E-state index contributed by atoms with van der Waals surface area (Å²) in [4.78, 5) is 4.82. The van der Waals surface area contributed by atoms with Crippen LogP contribution >= 0.6 is 0 Å². The molecule has 0 atom stereocenters. The van der Waals surface area contributed by atoms with Crippen molar-refractivity contribution in [3.63, 3.8) is 0 Å². The monoisotopic (exact) mass is 1430 g/mol. The van der Waals surface area contributed by atoms with E-state index >= 15 is 0 Å². The zero-order valence-electron chi connectivity index (χ0n) is 83.1. The smallest absolute Gasteiger partial charge is 0.268 e. The Bertz CT molecular complexity index is 6650. The molecule has 0 N–H and O–H groups in total. The number of ether oxygens (including phenoxy) is 1. The van der Waals surface area contributed by atoms with E-state index in [2.05, 4.69) is 39.2 Å². The van der Waals surface area contributed by atoms with Gasteiger partial charge in [0.05, 0.1) is 52.4 Å². The van der Waals surface area contributed by atoms with E-state index in [0.717, 1.165) is 21.9 Å². The summed E-state index contributed by atoms with van der Waals surface area (Å²) in [6.45, 7) is 5.18. The van der Waals surface area contributed by atoms with Crippen LogP contribution in [0, 0.1) is 32.2 Å². The van der Waals surface area contributed by atoms with Gasteiger partial charge in [-0.15, -0.1) is 29.7 Å². The Morgan fingerprint density at radius 3 is 1.52 bits per heavy atom. The molecule has 0 spiro atoms. The molecule has 5 nitrogen and oxygen atoms in total. The Hall–Kier alpha value is -10.5. The number of benzene rings is 12. The number of aryl methyl sites for hydroxylation is 2. The maximum Gasteiger partial charge on any atom is 0.268 e. The molecule has 6 heteroatoms. The summed E-state index contributed by atoms with van der Waals surface area (Å²) in [6, 6.07) is 10.9. The minimum absolute atomic E-state index is 0. The molecule has 0 aliphatic carbocycles. The Morgan fingerprint density at radius 2 is 0.979 bits per heavy atom. The number of fused-ring (bicyclic) bond motifs is 4. The standard InChI is InChI=1S/C88H70N4O.Pt/c1-58-25-23-26-59(2)85(58)64-39-42-81-83(51-64)90(73-35-24-36-74(55-73)93-75-40-41-77-76-37-21-22-38-80(76)92(82(77)56-75)84-54-71(43-44-89-84)87(3,4)5)57-91(81)86-78(69-47-65(60-27-13-9-14-28-60)45-66(48-69)61-29-15-10-16-30-61)52-72(88(6,7)8)53-79(86)70-49-67(62-31-17-11-18-32-62)46-68(50-70)63-33-19-12-20-34-63;/h9-54H,1-8H3;/q-2;/i1D3,2D3,9D,10D,11D,12D,13D,14D,15D,16D,17D,18D,19D,20D,27D,28D,29D,30D,31D,32D,33D,34D,45D,46D,47D,48D,49D,50D;. The zero-order valence-corrected chi connectivity index (χ0v) is 53.3.